The van der Waals surface area contributed by atoms with Crippen molar-refractivity contribution in [1.82, 2.24) is 9.80 Å². The molecule has 2 saturated heterocycles. The number of hydrogen-bond acceptors (Lipinski definition) is 2. The Morgan fingerprint density at radius 2 is 1.56 bits per heavy atom. The number of rotatable bonds is 3. The molecular weight excluding hydrogens is 312 g/mol. The standard InChI is InChI=1S/C21H28N2O2/c24-20(15-16-13-17-7-1-2-8-18(17)14-16)23-12-4-3-9-19(23)21(25)22-10-5-6-11-22/h1-2,7-8,16,19H,3-6,9-15H2. The van der Waals surface area contributed by atoms with Crippen LogP contribution in [-0.2, 0) is 22.4 Å². The first-order chi connectivity index (χ1) is 12.2. The maximum Gasteiger partial charge on any atom is 0.245 e. The van der Waals surface area contributed by atoms with Crippen molar-refractivity contribution in [2.75, 3.05) is 19.6 Å². The lowest BCUT2D eigenvalue weighted by molar-refractivity contribution is -0.147. The summed E-state index contributed by atoms with van der Waals surface area (Å²) in [7, 11) is 0. The Hall–Kier alpha value is -1.84. The van der Waals surface area contributed by atoms with Crippen molar-refractivity contribution in [2.45, 2.75) is 57.4 Å². The van der Waals surface area contributed by atoms with Gasteiger partial charge in [-0.1, -0.05) is 24.3 Å². The van der Waals surface area contributed by atoms with E-state index in [0.29, 0.717) is 12.3 Å². The van der Waals surface area contributed by atoms with Gasteiger partial charge < -0.3 is 9.80 Å². The molecule has 1 aromatic rings. The first-order valence-electron chi connectivity index (χ1n) is 9.87. The minimum Gasteiger partial charge on any atom is -0.341 e. The molecule has 2 fully saturated rings. The molecule has 0 bridgehead atoms. The fraction of sp³-hybridized carbons (Fsp3) is 0.619. The average molecular weight is 340 g/mol. The van der Waals surface area contributed by atoms with E-state index in [1.165, 1.54) is 11.1 Å². The van der Waals surface area contributed by atoms with E-state index >= 15 is 0 Å². The van der Waals surface area contributed by atoms with Crippen LogP contribution in [-0.4, -0.2) is 47.3 Å². The minimum absolute atomic E-state index is 0.190. The van der Waals surface area contributed by atoms with Crippen LogP contribution < -0.4 is 0 Å². The summed E-state index contributed by atoms with van der Waals surface area (Å²) in [6, 6.07) is 8.32. The average Bonchev–Trinajstić information content (AvgIpc) is 3.30. The summed E-state index contributed by atoms with van der Waals surface area (Å²) in [5.41, 5.74) is 2.78. The second-order valence-electron chi connectivity index (χ2n) is 7.88. The van der Waals surface area contributed by atoms with Gasteiger partial charge in [0, 0.05) is 26.1 Å². The fourth-order valence-electron chi connectivity index (χ4n) is 4.79. The summed E-state index contributed by atoms with van der Waals surface area (Å²) in [6.45, 7) is 2.49. The first kappa shape index (κ1) is 16.6. The number of fused-ring (bicyclic) bond motifs is 1. The third-order valence-corrected chi connectivity index (χ3v) is 6.12. The Balaban J connectivity index is 1.40. The number of carbonyl (C=O) groups is 2. The van der Waals surface area contributed by atoms with Crippen LogP contribution in [0.25, 0.3) is 0 Å². The molecule has 1 unspecified atom stereocenters. The zero-order valence-electron chi connectivity index (χ0n) is 15.0. The van der Waals surface area contributed by atoms with E-state index in [9.17, 15) is 9.59 Å². The van der Waals surface area contributed by atoms with E-state index in [-0.39, 0.29) is 17.9 Å². The molecule has 1 aliphatic carbocycles. The van der Waals surface area contributed by atoms with Gasteiger partial charge in [0.1, 0.15) is 6.04 Å². The third kappa shape index (κ3) is 3.44. The van der Waals surface area contributed by atoms with Crippen molar-refractivity contribution in [1.29, 1.82) is 0 Å². The van der Waals surface area contributed by atoms with Gasteiger partial charge >= 0.3 is 0 Å². The number of carbonyl (C=O) groups excluding carboxylic acids is 2. The van der Waals surface area contributed by atoms with E-state index in [1.807, 2.05) is 9.80 Å². The Morgan fingerprint density at radius 3 is 2.24 bits per heavy atom. The van der Waals surface area contributed by atoms with E-state index in [1.54, 1.807) is 0 Å². The summed E-state index contributed by atoms with van der Waals surface area (Å²) < 4.78 is 0. The molecule has 25 heavy (non-hydrogen) atoms. The van der Waals surface area contributed by atoms with Gasteiger partial charge in [-0.15, -0.1) is 0 Å². The Morgan fingerprint density at radius 1 is 0.920 bits per heavy atom. The second-order valence-corrected chi connectivity index (χ2v) is 7.88. The predicted molar refractivity (Wildman–Crippen MR) is 97.1 cm³/mol. The summed E-state index contributed by atoms with van der Waals surface area (Å²) in [5, 5.41) is 0. The van der Waals surface area contributed by atoms with Crippen molar-refractivity contribution in [3.8, 4) is 0 Å². The van der Waals surface area contributed by atoms with Crippen LogP contribution in [0.3, 0.4) is 0 Å². The van der Waals surface area contributed by atoms with E-state index in [2.05, 4.69) is 24.3 Å². The molecule has 134 valence electrons. The highest BCUT2D eigenvalue weighted by Gasteiger charge is 2.36. The molecule has 1 aromatic carbocycles. The zero-order chi connectivity index (χ0) is 17.2. The summed E-state index contributed by atoms with van der Waals surface area (Å²) in [4.78, 5) is 29.7. The van der Waals surface area contributed by atoms with E-state index < -0.39 is 0 Å². The van der Waals surface area contributed by atoms with Crippen LogP contribution in [0.1, 0.15) is 49.7 Å². The molecule has 2 aliphatic heterocycles. The zero-order valence-corrected chi connectivity index (χ0v) is 15.0. The summed E-state index contributed by atoms with van der Waals surface area (Å²) >= 11 is 0. The number of benzene rings is 1. The highest BCUT2D eigenvalue weighted by Crippen LogP contribution is 2.30. The van der Waals surface area contributed by atoms with Crippen LogP contribution in [0, 0.1) is 5.92 Å². The molecule has 0 saturated carbocycles. The minimum atomic E-state index is -0.205. The Kier molecular flexibility index (Phi) is 4.78. The van der Waals surface area contributed by atoms with Crippen molar-refractivity contribution < 1.29 is 9.59 Å². The van der Waals surface area contributed by atoms with Gasteiger partial charge in [0.05, 0.1) is 0 Å². The largest absolute Gasteiger partial charge is 0.341 e. The molecule has 2 amide bonds. The quantitative estimate of drug-likeness (QED) is 0.849. The van der Waals surface area contributed by atoms with Gasteiger partial charge in [0.25, 0.3) is 0 Å². The van der Waals surface area contributed by atoms with Gasteiger partial charge in [-0.2, -0.15) is 0 Å². The number of amides is 2. The lowest BCUT2D eigenvalue weighted by Crippen LogP contribution is -2.52. The van der Waals surface area contributed by atoms with Crippen LogP contribution in [0.2, 0.25) is 0 Å². The molecule has 0 radical (unpaired) electrons. The molecule has 2 heterocycles. The smallest absolute Gasteiger partial charge is 0.245 e. The van der Waals surface area contributed by atoms with Crippen molar-refractivity contribution >= 4 is 11.8 Å². The number of likely N-dealkylation sites (tertiary alicyclic amines) is 2. The second kappa shape index (κ2) is 7.19. The van der Waals surface area contributed by atoms with Crippen LogP contribution in [0.4, 0.5) is 0 Å². The first-order valence-corrected chi connectivity index (χ1v) is 9.87. The highest BCUT2D eigenvalue weighted by atomic mass is 16.2. The summed E-state index contributed by atoms with van der Waals surface area (Å²) in [5.74, 6) is 0.782. The molecule has 4 rings (SSSR count). The van der Waals surface area contributed by atoms with Gasteiger partial charge in [-0.05, 0) is 62.0 Å². The molecule has 3 aliphatic rings. The lowest BCUT2D eigenvalue weighted by Gasteiger charge is -2.37. The maximum atomic E-state index is 13.0. The van der Waals surface area contributed by atoms with E-state index in [4.69, 9.17) is 0 Å². The number of piperidine rings is 1. The van der Waals surface area contributed by atoms with Gasteiger partial charge in [0.2, 0.25) is 11.8 Å². The molecule has 0 aromatic heterocycles. The van der Waals surface area contributed by atoms with Crippen LogP contribution in [0.15, 0.2) is 24.3 Å². The maximum absolute atomic E-state index is 13.0. The topological polar surface area (TPSA) is 40.6 Å². The highest BCUT2D eigenvalue weighted by molar-refractivity contribution is 5.88. The van der Waals surface area contributed by atoms with E-state index in [0.717, 1.165) is 64.6 Å². The van der Waals surface area contributed by atoms with Gasteiger partial charge in [0.15, 0.2) is 0 Å². The molecule has 1 atom stereocenters. The van der Waals surface area contributed by atoms with Gasteiger partial charge in [-0.3, -0.25) is 9.59 Å². The molecule has 4 heteroatoms. The predicted octanol–water partition coefficient (Wildman–Crippen LogP) is 2.80. The van der Waals surface area contributed by atoms with Crippen molar-refractivity contribution in [3.63, 3.8) is 0 Å². The normalized spacial score (nSPS) is 23.8. The SMILES string of the molecule is O=C(C1CCCCN1C(=O)CC1Cc2ccccc2C1)N1CCCC1. The van der Waals surface area contributed by atoms with Crippen molar-refractivity contribution in [3.05, 3.63) is 35.4 Å². The lowest BCUT2D eigenvalue weighted by atomic mass is 9.97. The molecular formula is C21H28N2O2. The van der Waals surface area contributed by atoms with Crippen LogP contribution >= 0.6 is 0 Å². The van der Waals surface area contributed by atoms with Crippen molar-refractivity contribution in [2.24, 2.45) is 5.92 Å². The van der Waals surface area contributed by atoms with Gasteiger partial charge in [-0.25, -0.2) is 0 Å². The Labute approximate surface area is 150 Å². The van der Waals surface area contributed by atoms with Crippen LogP contribution in [0.5, 0.6) is 0 Å². The molecule has 0 N–H and O–H groups in total. The molecule has 4 nitrogen and oxygen atoms in total. The third-order valence-electron chi connectivity index (χ3n) is 6.12. The summed E-state index contributed by atoms with van der Waals surface area (Å²) in [6.07, 6.45) is 7.72. The number of nitrogens with zero attached hydrogens (tertiary/aromatic N) is 2. The number of hydrogen-bond donors (Lipinski definition) is 0. The monoisotopic (exact) mass is 340 g/mol. The molecule has 0 spiro atoms. The fourth-order valence-corrected chi connectivity index (χ4v) is 4.79. The Bertz CT molecular complexity index is 626.